The number of aliphatic hydroxyl groups excluding tert-OH is 1. The number of carbonyl (C=O) groups is 1. The summed E-state index contributed by atoms with van der Waals surface area (Å²) >= 11 is 5.93. The molecule has 1 amide bonds. The van der Waals surface area contributed by atoms with Gasteiger partial charge in [0, 0.05) is 5.56 Å². The first-order chi connectivity index (χ1) is 14.6. The highest BCUT2D eigenvalue weighted by Crippen LogP contribution is 2.34. The number of benzene rings is 1. The minimum absolute atomic E-state index is 0.103. The van der Waals surface area contributed by atoms with Gasteiger partial charge in [-0.1, -0.05) is 24.3 Å². The maximum absolute atomic E-state index is 12.5. The number of rotatable bonds is 7. The summed E-state index contributed by atoms with van der Waals surface area (Å²) in [4.78, 5) is 25.3. The van der Waals surface area contributed by atoms with Crippen LogP contribution in [0.5, 0.6) is 0 Å². The van der Waals surface area contributed by atoms with Gasteiger partial charge in [0.25, 0.3) is 5.91 Å². The van der Waals surface area contributed by atoms with Crippen molar-refractivity contribution in [3.63, 3.8) is 0 Å². The van der Waals surface area contributed by atoms with Crippen LogP contribution in [-0.2, 0) is 9.47 Å². The van der Waals surface area contributed by atoms with E-state index in [-0.39, 0.29) is 24.2 Å². The average molecular weight is 430 g/mol. The molecule has 1 aliphatic rings. The summed E-state index contributed by atoms with van der Waals surface area (Å²) in [5.74, 6) is 0.0571. The number of hydrogen-bond acceptors (Lipinski definition) is 7. The molecule has 1 fully saturated rings. The van der Waals surface area contributed by atoms with Gasteiger partial charge in [-0.3, -0.25) is 9.36 Å². The van der Waals surface area contributed by atoms with Crippen LogP contribution in [0.15, 0.2) is 55.6 Å². The molecule has 0 bridgehead atoms. The van der Waals surface area contributed by atoms with Gasteiger partial charge in [0.2, 0.25) is 0 Å². The van der Waals surface area contributed by atoms with E-state index >= 15 is 0 Å². The largest absolute Gasteiger partial charge is 0.387 e. The van der Waals surface area contributed by atoms with Crippen LogP contribution in [0.1, 0.15) is 16.6 Å². The molecule has 0 radical (unpaired) electrons. The fourth-order valence-corrected chi connectivity index (χ4v) is 3.58. The zero-order valence-electron chi connectivity index (χ0n) is 15.9. The van der Waals surface area contributed by atoms with E-state index < -0.39 is 24.5 Å². The minimum atomic E-state index is -0.927. The van der Waals surface area contributed by atoms with E-state index in [1.165, 1.54) is 12.7 Å². The number of ether oxygens (including phenoxy) is 2. The van der Waals surface area contributed by atoms with E-state index in [4.69, 9.17) is 21.1 Å². The predicted molar refractivity (Wildman–Crippen MR) is 110 cm³/mol. The topological polar surface area (TPSA) is 111 Å². The fourth-order valence-electron chi connectivity index (χ4n) is 3.33. The van der Waals surface area contributed by atoms with Crippen LogP contribution in [0.2, 0.25) is 0 Å². The molecule has 10 heteroatoms. The van der Waals surface area contributed by atoms with Gasteiger partial charge < -0.3 is 19.9 Å². The minimum Gasteiger partial charge on any atom is -0.387 e. The van der Waals surface area contributed by atoms with Crippen LogP contribution < -0.4 is 5.32 Å². The summed E-state index contributed by atoms with van der Waals surface area (Å²) in [6, 6.07) is 8.79. The van der Waals surface area contributed by atoms with E-state index in [0.717, 1.165) is 0 Å². The van der Waals surface area contributed by atoms with Gasteiger partial charge in [-0.05, 0) is 12.1 Å². The first kappa shape index (κ1) is 20.4. The molecule has 1 aromatic carbocycles. The maximum Gasteiger partial charge on any atom is 0.256 e. The Morgan fingerprint density at radius 1 is 1.33 bits per heavy atom. The van der Waals surface area contributed by atoms with E-state index in [2.05, 4.69) is 26.8 Å². The highest BCUT2D eigenvalue weighted by molar-refractivity contribution is 6.18. The van der Waals surface area contributed by atoms with Crippen molar-refractivity contribution >= 4 is 34.5 Å². The Bertz CT molecular complexity index is 1040. The lowest BCUT2D eigenvalue weighted by molar-refractivity contribution is -0.0574. The van der Waals surface area contributed by atoms with E-state index in [0.29, 0.717) is 16.7 Å². The summed E-state index contributed by atoms with van der Waals surface area (Å²) in [5.41, 5.74) is 1.30. The lowest BCUT2D eigenvalue weighted by Gasteiger charge is -2.21. The van der Waals surface area contributed by atoms with Crippen LogP contribution in [0.3, 0.4) is 0 Å². The van der Waals surface area contributed by atoms with Gasteiger partial charge in [0.05, 0.1) is 18.8 Å². The zero-order chi connectivity index (χ0) is 21.1. The van der Waals surface area contributed by atoms with E-state index in [9.17, 15) is 9.90 Å². The molecule has 3 aromatic rings. The molecule has 4 rings (SSSR count). The third kappa shape index (κ3) is 3.80. The van der Waals surface area contributed by atoms with E-state index in [1.54, 1.807) is 34.9 Å². The summed E-state index contributed by atoms with van der Waals surface area (Å²) in [6.07, 6.45) is 1.49. The van der Waals surface area contributed by atoms with Gasteiger partial charge in [0.15, 0.2) is 23.2 Å². The molecule has 1 aliphatic heterocycles. The molecule has 30 heavy (non-hydrogen) atoms. The fraction of sp³-hybridized carbons (Fsp3) is 0.300. The lowest BCUT2D eigenvalue weighted by Crippen LogP contribution is -2.34. The highest BCUT2D eigenvalue weighted by Gasteiger charge is 2.45. The third-order valence-electron chi connectivity index (χ3n) is 4.77. The molecular formula is C20H20ClN5O4. The maximum atomic E-state index is 12.5. The molecule has 0 aliphatic carbocycles. The second-order valence-electron chi connectivity index (χ2n) is 6.66. The molecule has 9 nitrogen and oxygen atoms in total. The highest BCUT2D eigenvalue weighted by atomic mass is 35.5. The van der Waals surface area contributed by atoms with E-state index in [1.807, 2.05) is 6.07 Å². The lowest BCUT2D eigenvalue weighted by atomic mass is 10.1. The van der Waals surface area contributed by atoms with Gasteiger partial charge in [-0.2, -0.15) is 0 Å². The Balaban J connectivity index is 1.65. The first-order valence-corrected chi connectivity index (χ1v) is 9.83. The van der Waals surface area contributed by atoms with Gasteiger partial charge in [-0.25, -0.2) is 15.0 Å². The van der Waals surface area contributed by atoms with Gasteiger partial charge in [0.1, 0.15) is 24.6 Å². The van der Waals surface area contributed by atoms with Crippen LogP contribution in [0, 0.1) is 0 Å². The summed E-state index contributed by atoms with van der Waals surface area (Å²) in [5, 5.41) is 13.3. The second kappa shape index (κ2) is 8.88. The van der Waals surface area contributed by atoms with Crippen molar-refractivity contribution in [2.45, 2.75) is 24.5 Å². The Morgan fingerprint density at radius 3 is 2.87 bits per heavy atom. The number of nitrogens with one attached hydrogen (secondary N) is 1. The normalized spacial score (nSPS) is 23.5. The van der Waals surface area contributed by atoms with Crippen molar-refractivity contribution < 1.29 is 19.4 Å². The second-order valence-corrected chi connectivity index (χ2v) is 6.97. The average Bonchev–Trinajstić information content (AvgIpc) is 3.34. The van der Waals surface area contributed by atoms with Gasteiger partial charge in [-0.15, -0.1) is 18.2 Å². The number of nitrogens with zero attached hydrogens (tertiary/aromatic N) is 4. The number of anilines is 1. The molecule has 156 valence electrons. The Kier molecular flexibility index (Phi) is 6.05. The summed E-state index contributed by atoms with van der Waals surface area (Å²) in [6.45, 7) is 3.87. The molecule has 4 atom stereocenters. The Hall–Kier alpha value is -2.85. The number of halogens is 1. The van der Waals surface area contributed by atoms with Crippen molar-refractivity contribution in [1.29, 1.82) is 0 Å². The first-order valence-electron chi connectivity index (χ1n) is 9.30. The van der Waals surface area contributed by atoms with Crippen LogP contribution >= 0.6 is 11.6 Å². The number of aromatic nitrogens is 4. The molecule has 0 spiro atoms. The number of fused-ring (bicyclic) bond motifs is 1. The Labute approximate surface area is 177 Å². The van der Waals surface area contributed by atoms with Gasteiger partial charge >= 0.3 is 0 Å². The van der Waals surface area contributed by atoms with Crippen molar-refractivity contribution in [1.82, 2.24) is 19.5 Å². The van der Waals surface area contributed by atoms with Crippen molar-refractivity contribution in [2.75, 3.05) is 17.8 Å². The van der Waals surface area contributed by atoms with Crippen molar-refractivity contribution in [3.8, 4) is 0 Å². The number of amides is 1. The van der Waals surface area contributed by atoms with Crippen molar-refractivity contribution in [3.05, 3.63) is 61.2 Å². The zero-order valence-corrected chi connectivity index (χ0v) is 16.6. The monoisotopic (exact) mass is 429 g/mol. The number of carbonyl (C=O) groups excluding carboxylic acids is 1. The standard InChI is InChI=1S/C20H20ClN5O4/c1-2-8-29-16-15(27)13(9-21)30-20(16)26-11-24-14-17(22-10-23-18(14)26)25-19(28)12-6-4-3-5-7-12/h2-7,10-11,13,15-16,20,27H,1,8-9H2,(H,22,23,25,28). The molecule has 0 saturated carbocycles. The number of hydrogen-bond donors (Lipinski definition) is 2. The SMILES string of the molecule is C=CCOC1C(O)C(CCl)OC1n1cnc2c(NC(=O)c3ccccc3)ncnc21. The number of alkyl halides is 1. The van der Waals surface area contributed by atoms with Crippen molar-refractivity contribution in [2.24, 2.45) is 0 Å². The molecule has 3 heterocycles. The molecule has 1 saturated heterocycles. The summed E-state index contributed by atoms with van der Waals surface area (Å²) < 4.78 is 13.3. The molecule has 2 N–H and O–H groups in total. The number of imidazole rings is 1. The number of aliphatic hydroxyl groups is 1. The van der Waals surface area contributed by atoms with Crippen LogP contribution in [0.4, 0.5) is 5.82 Å². The summed E-state index contributed by atoms with van der Waals surface area (Å²) in [7, 11) is 0. The van der Waals surface area contributed by atoms with Crippen LogP contribution in [0.25, 0.3) is 11.2 Å². The smallest absolute Gasteiger partial charge is 0.256 e. The molecule has 4 unspecified atom stereocenters. The molecular weight excluding hydrogens is 410 g/mol. The van der Waals surface area contributed by atoms with Crippen LogP contribution in [-0.4, -0.2) is 61.3 Å². The quantitative estimate of drug-likeness (QED) is 0.437. The molecule has 2 aromatic heterocycles. The Morgan fingerprint density at radius 2 is 2.13 bits per heavy atom. The third-order valence-corrected chi connectivity index (χ3v) is 5.08. The predicted octanol–water partition coefficient (Wildman–Crippen LogP) is 2.15.